The van der Waals surface area contributed by atoms with Crippen molar-refractivity contribution < 1.29 is 9.90 Å². The Labute approximate surface area is 85.7 Å². The predicted molar refractivity (Wildman–Crippen MR) is 54.0 cm³/mol. The molecule has 0 spiro atoms. The molecule has 0 aliphatic heterocycles. The van der Waals surface area contributed by atoms with E-state index in [2.05, 4.69) is 5.32 Å². The highest BCUT2D eigenvalue weighted by Crippen LogP contribution is 2.39. The zero-order valence-electron chi connectivity index (χ0n) is 7.56. The van der Waals surface area contributed by atoms with Gasteiger partial charge in [0.1, 0.15) is 0 Å². The van der Waals surface area contributed by atoms with Crippen molar-refractivity contribution in [1.29, 1.82) is 0 Å². The lowest BCUT2D eigenvalue weighted by atomic mass is 9.93. The summed E-state index contributed by atoms with van der Waals surface area (Å²) in [5.41, 5.74) is 6.01. The Bertz CT molecular complexity index is 350. The number of primary amides is 1. The number of hydrogen-bond acceptors (Lipinski definition) is 3. The standard InChI is InChI=1S/C9H12N2O2S/c10-9(13)11-6-1-2-7(12)5-3-4-14-8(5)6/h3-4,6-7,12H,1-2H2,(H3,10,11,13). The fourth-order valence-electron chi connectivity index (χ4n) is 1.81. The van der Waals surface area contributed by atoms with E-state index in [1.807, 2.05) is 11.4 Å². The summed E-state index contributed by atoms with van der Waals surface area (Å²) in [4.78, 5) is 11.8. The van der Waals surface area contributed by atoms with Gasteiger partial charge in [0.2, 0.25) is 0 Å². The van der Waals surface area contributed by atoms with Gasteiger partial charge in [0, 0.05) is 4.88 Å². The molecule has 14 heavy (non-hydrogen) atoms. The number of carbonyl (C=O) groups is 1. The lowest BCUT2D eigenvalue weighted by Crippen LogP contribution is -2.34. The number of fused-ring (bicyclic) bond motifs is 1. The number of nitrogens with one attached hydrogen (secondary N) is 1. The summed E-state index contributed by atoms with van der Waals surface area (Å²) in [6.07, 6.45) is 1.04. The van der Waals surface area contributed by atoms with Gasteiger partial charge in [-0.2, -0.15) is 0 Å². The fourth-order valence-corrected chi connectivity index (χ4v) is 2.85. The Hall–Kier alpha value is -1.07. The molecular formula is C9H12N2O2S. The van der Waals surface area contributed by atoms with Gasteiger partial charge in [-0.15, -0.1) is 11.3 Å². The minimum Gasteiger partial charge on any atom is -0.388 e. The van der Waals surface area contributed by atoms with E-state index in [0.29, 0.717) is 6.42 Å². The lowest BCUT2D eigenvalue weighted by molar-refractivity contribution is 0.148. The second-order valence-corrected chi connectivity index (χ2v) is 4.34. The maximum atomic E-state index is 10.7. The summed E-state index contributed by atoms with van der Waals surface area (Å²) in [7, 11) is 0. The van der Waals surface area contributed by atoms with Gasteiger partial charge >= 0.3 is 6.03 Å². The molecule has 76 valence electrons. The molecule has 0 saturated heterocycles. The van der Waals surface area contributed by atoms with Gasteiger partial charge in [-0.25, -0.2) is 4.79 Å². The molecule has 0 fully saturated rings. The Morgan fingerprint density at radius 3 is 3.14 bits per heavy atom. The van der Waals surface area contributed by atoms with Crippen molar-refractivity contribution >= 4 is 17.4 Å². The van der Waals surface area contributed by atoms with Crippen LogP contribution in [0.5, 0.6) is 0 Å². The highest BCUT2D eigenvalue weighted by Gasteiger charge is 2.27. The number of amides is 2. The van der Waals surface area contributed by atoms with Crippen molar-refractivity contribution in [2.75, 3.05) is 0 Å². The molecule has 4 nitrogen and oxygen atoms in total. The zero-order chi connectivity index (χ0) is 10.1. The van der Waals surface area contributed by atoms with Gasteiger partial charge in [-0.1, -0.05) is 0 Å². The van der Waals surface area contributed by atoms with Crippen LogP contribution in [-0.4, -0.2) is 11.1 Å². The van der Waals surface area contributed by atoms with Gasteiger partial charge in [0.05, 0.1) is 12.1 Å². The van der Waals surface area contributed by atoms with E-state index < -0.39 is 6.03 Å². The summed E-state index contributed by atoms with van der Waals surface area (Å²) in [6.45, 7) is 0. The quantitative estimate of drug-likeness (QED) is 0.656. The minimum absolute atomic E-state index is 0.0223. The molecule has 2 rings (SSSR count). The van der Waals surface area contributed by atoms with Crippen LogP contribution in [0.15, 0.2) is 11.4 Å². The topological polar surface area (TPSA) is 75.4 Å². The van der Waals surface area contributed by atoms with Crippen LogP contribution < -0.4 is 11.1 Å². The third kappa shape index (κ3) is 1.60. The Morgan fingerprint density at radius 2 is 2.43 bits per heavy atom. The number of hydrogen-bond donors (Lipinski definition) is 3. The van der Waals surface area contributed by atoms with Gasteiger partial charge in [0.15, 0.2) is 0 Å². The second kappa shape index (κ2) is 3.59. The molecule has 2 unspecified atom stereocenters. The zero-order valence-corrected chi connectivity index (χ0v) is 8.38. The van der Waals surface area contributed by atoms with Gasteiger partial charge in [-0.3, -0.25) is 0 Å². The molecule has 1 aromatic heterocycles. The number of aliphatic hydroxyl groups excluding tert-OH is 1. The van der Waals surface area contributed by atoms with E-state index in [-0.39, 0.29) is 12.1 Å². The average molecular weight is 212 g/mol. The van der Waals surface area contributed by atoms with Gasteiger partial charge in [0.25, 0.3) is 0 Å². The summed E-state index contributed by atoms with van der Waals surface area (Å²) in [5.74, 6) is 0. The molecule has 1 heterocycles. The summed E-state index contributed by atoms with van der Waals surface area (Å²) < 4.78 is 0. The molecule has 0 saturated carbocycles. The molecule has 0 aromatic carbocycles. The second-order valence-electron chi connectivity index (χ2n) is 3.39. The first-order chi connectivity index (χ1) is 6.68. The van der Waals surface area contributed by atoms with Crippen molar-refractivity contribution in [3.8, 4) is 0 Å². The molecular weight excluding hydrogens is 200 g/mol. The van der Waals surface area contributed by atoms with Crippen LogP contribution in [0.2, 0.25) is 0 Å². The molecule has 0 radical (unpaired) electrons. The number of rotatable bonds is 1. The fraction of sp³-hybridized carbons (Fsp3) is 0.444. The maximum absolute atomic E-state index is 10.7. The largest absolute Gasteiger partial charge is 0.388 e. The van der Waals surface area contributed by atoms with Crippen LogP contribution >= 0.6 is 11.3 Å². The third-order valence-electron chi connectivity index (χ3n) is 2.45. The number of carbonyl (C=O) groups excluding carboxylic acids is 1. The number of aliphatic hydroxyl groups is 1. The third-order valence-corrected chi connectivity index (χ3v) is 3.49. The van der Waals surface area contributed by atoms with Gasteiger partial charge in [-0.05, 0) is 29.9 Å². The van der Waals surface area contributed by atoms with Crippen LogP contribution in [0, 0.1) is 0 Å². The van der Waals surface area contributed by atoms with Crippen LogP contribution in [0.3, 0.4) is 0 Å². The van der Waals surface area contributed by atoms with Crippen molar-refractivity contribution in [2.45, 2.75) is 25.0 Å². The molecule has 1 aliphatic carbocycles. The van der Waals surface area contributed by atoms with E-state index in [0.717, 1.165) is 16.9 Å². The van der Waals surface area contributed by atoms with Crippen LogP contribution in [-0.2, 0) is 0 Å². The van der Waals surface area contributed by atoms with E-state index in [1.54, 1.807) is 11.3 Å². The SMILES string of the molecule is NC(=O)NC1CCC(O)c2ccsc21. The summed E-state index contributed by atoms with van der Waals surface area (Å²) in [5, 5.41) is 14.3. The Kier molecular flexibility index (Phi) is 2.43. The monoisotopic (exact) mass is 212 g/mol. The van der Waals surface area contributed by atoms with Crippen LogP contribution in [0.1, 0.15) is 35.4 Å². The highest BCUT2D eigenvalue weighted by atomic mass is 32.1. The van der Waals surface area contributed by atoms with E-state index >= 15 is 0 Å². The van der Waals surface area contributed by atoms with Crippen molar-refractivity contribution in [1.82, 2.24) is 5.32 Å². The molecule has 2 amide bonds. The molecule has 4 N–H and O–H groups in total. The number of urea groups is 1. The van der Waals surface area contributed by atoms with E-state index in [4.69, 9.17) is 5.73 Å². The van der Waals surface area contributed by atoms with E-state index in [1.165, 1.54) is 0 Å². The predicted octanol–water partition coefficient (Wildman–Crippen LogP) is 1.28. The van der Waals surface area contributed by atoms with Crippen molar-refractivity contribution in [3.05, 3.63) is 21.9 Å². The smallest absolute Gasteiger partial charge is 0.312 e. The summed E-state index contributed by atoms with van der Waals surface area (Å²) >= 11 is 1.55. The summed E-state index contributed by atoms with van der Waals surface area (Å²) in [6, 6.07) is 1.37. The van der Waals surface area contributed by atoms with Crippen molar-refractivity contribution in [2.24, 2.45) is 5.73 Å². The van der Waals surface area contributed by atoms with E-state index in [9.17, 15) is 9.90 Å². The molecule has 2 atom stereocenters. The van der Waals surface area contributed by atoms with Crippen LogP contribution in [0.4, 0.5) is 4.79 Å². The normalized spacial score (nSPS) is 25.5. The lowest BCUT2D eigenvalue weighted by Gasteiger charge is -2.25. The molecule has 5 heteroatoms. The number of thiophene rings is 1. The molecule has 0 bridgehead atoms. The van der Waals surface area contributed by atoms with Crippen LogP contribution in [0.25, 0.3) is 0 Å². The Morgan fingerprint density at radius 1 is 1.64 bits per heavy atom. The first-order valence-corrected chi connectivity index (χ1v) is 5.38. The maximum Gasteiger partial charge on any atom is 0.312 e. The Balaban J connectivity index is 2.24. The van der Waals surface area contributed by atoms with Crippen molar-refractivity contribution in [3.63, 3.8) is 0 Å². The van der Waals surface area contributed by atoms with Gasteiger partial charge < -0.3 is 16.2 Å². The first kappa shape index (κ1) is 9.48. The first-order valence-electron chi connectivity index (χ1n) is 4.50. The highest BCUT2D eigenvalue weighted by molar-refractivity contribution is 7.10. The number of nitrogens with two attached hydrogens (primary N) is 1. The molecule has 1 aromatic rings. The minimum atomic E-state index is -0.509. The average Bonchev–Trinajstić information content (AvgIpc) is 2.58. The molecule has 1 aliphatic rings.